The highest BCUT2D eigenvalue weighted by Crippen LogP contribution is 2.34. The number of carbonyl (C=O) groups excluding carboxylic acids is 1. The van der Waals surface area contributed by atoms with Gasteiger partial charge in [0, 0.05) is 17.1 Å². The van der Waals surface area contributed by atoms with Gasteiger partial charge in [-0.15, -0.1) is 13.2 Å². The third-order valence-corrected chi connectivity index (χ3v) is 2.80. The SMILES string of the molecule is CCOC(=O)Cc1c(CBr)cnc(OC(F)(F)F)c1O. The Morgan fingerprint density at radius 1 is 1.50 bits per heavy atom. The Hall–Kier alpha value is -1.51. The summed E-state index contributed by atoms with van der Waals surface area (Å²) in [5.74, 6) is -2.50. The Kier molecular flexibility index (Phi) is 5.61. The molecular formula is C11H11BrF3NO4. The molecule has 0 atom stereocenters. The van der Waals surface area contributed by atoms with Crippen molar-refractivity contribution in [1.29, 1.82) is 0 Å². The molecule has 1 rings (SSSR count). The summed E-state index contributed by atoms with van der Waals surface area (Å²) in [6.07, 6.45) is -4.27. The number of rotatable bonds is 5. The highest BCUT2D eigenvalue weighted by atomic mass is 79.9. The fourth-order valence-electron chi connectivity index (χ4n) is 1.41. The van der Waals surface area contributed by atoms with E-state index in [0.29, 0.717) is 5.56 Å². The van der Waals surface area contributed by atoms with Crippen LogP contribution in [-0.2, 0) is 21.3 Å². The van der Waals surface area contributed by atoms with E-state index >= 15 is 0 Å². The van der Waals surface area contributed by atoms with E-state index in [0.717, 1.165) is 6.20 Å². The van der Waals surface area contributed by atoms with Gasteiger partial charge in [-0.3, -0.25) is 4.79 Å². The van der Waals surface area contributed by atoms with Crippen molar-refractivity contribution in [1.82, 2.24) is 4.98 Å². The van der Waals surface area contributed by atoms with Gasteiger partial charge in [0.05, 0.1) is 13.0 Å². The lowest BCUT2D eigenvalue weighted by Gasteiger charge is -2.14. The number of aromatic hydroxyl groups is 1. The Balaban J connectivity index is 3.12. The molecule has 1 N–H and O–H groups in total. The molecule has 0 radical (unpaired) electrons. The molecule has 0 unspecified atom stereocenters. The van der Waals surface area contributed by atoms with Gasteiger partial charge in [0.15, 0.2) is 5.75 Å². The van der Waals surface area contributed by atoms with Gasteiger partial charge in [0.1, 0.15) is 0 Å². The van der Waals surface area contributed by atoms with Crippen LogP contribution in [-0.4, -0.2) is 29.0 Å². The minimum Gasteiger partial charge on any atom is -0.503 e. The van der Waals surface area contributed by atoms with E-state index in [1.165, 1.54) is 0 Å². The van der Waals surface area contributed by atoms with Crippen LogP contribution in [0.2, 0.25) is 0 Å². The summed E-state index contributed by atoms with van der Waals surface area (Å²) in [5.41, 5.74) is 0.347. The molecule has 1 heterocycles. The normalized spacial score (nSPS) is 11.2. The molecule has 1 aromatic heterocycles. The topological polar surface area (TPSA) is 68.7 Å². The minimum absolute atomic E-state index is 0.0189. The number of nitrogens with zero attached hydrogens (tertiary/aromatic N) is 1. The van der Waals surface area contributed by atoms with E-state index in [4.69, 9.17) is 4.74 Å². The summed E-state index contributed by atoms with van der Waals surface area (Å²) < 4.78 is 44.7. The molecule has 0 saturated carbocycles. The average Bonchev–Trinajstić information content (AvgIpc) is 2.33. The molecule has 0 saturated heterocycles. The molecule has 1 aromatic rings. The number of alkyl halides is 4. The van der Waals surface area contributed by atoms with Crippen molar-refractivity contribution in [2.45, 2.75) is 25.0 Å². The second-order valence-electron chi connectivity index (χ2n) is 3.58. The molecule has 0 aliphatic carbocycles. The van der Waals surface area contributed by atoms with E-state index in [9.17, 15) is 23.1 Å². The highest BCUT2D eigenvalue weighted by Gasteiger charge is 2.34. The summed E-state index contributed by atoms with van der Waals surface area (Å²) in [7, 11) is 0. The van der Waals surface area contributed by atoms with Crippen LogP contribution in [0, 0.1) is 0 Å². The standard InChI is InChI=1S/C11H11BrF3NO4/c1-2-19-8(17)3-7-6(4-12)5-16-10(9(7)18)20-11(13,14)15/h5,18H,2-4H2,1H3. The number of pyridine rings is 1. The zero-order valence-electron chi connectivity index (χ0n) is 10.3. The van der Waals surface area contributed by atoms with Crippen molar-refractivity contribution in [3.8, 4) is 11.6 Å². The van der Waals surface area contributed by atoms with Crippen molar-refractivity contribution in [2.75, 3.05) is 6.61 Å². The Labute approximate surface area is 120 Å². The molecule has 0 aliphatic rings. The van der Waals surface area contributed by atoms with Crippen LogP contribution in [0.1, 0.15) is 18.1 Å². The Bertz CT molecular complexity index is 493. The maximum Gasteiger partial charge on any atom is 0.574 e. The van der Waals surface area contributed by atoms with Gasteiger partial charge >= 0.3 is 12.3 Å². The number of halogens is 4. The van der Waals surface area contributed by atoms with E-state index in [2.05, 4.69) is 25.7 Å². The zero-order valence-corrected chi connectivity index (χ0v) is 11.9. The van der Waals surface area contributed by atoms with Gasteiger partial charge in [-0.25, -0.2) is 4.98 Å². The molecule has 5 nitrogen and oxygen atoms in total. The van der Waals surface area contributed by atoms with Gasteiger partial charge in [-0.05, 0) is 12.5 Å². The number of hydrogen-bond donors (Lipinski definition) is 1. The zero-order chi connectivity index (χ0) is 15.3. The molecule has 0 aliphatic heterocycles. The van der Waals surface area contributed by atoms with Gasteiger partial charge in [0.25, 0.3) is 5.88 Å². The predicted molar refractivity (Wildman–Crippen MR) is 65.6 cm³/mol. The predicted octanol–water partition coefficient (Wildman–Crippen LogP) is 2.69. The quantitative estimate of drug-likeness (QED) is 0.648. The second-order valence-corrected chi connectivity index (χ2v) is 4.14. The van der Waals surface area contributed by atoms with E-state index in [1.54, 1.807) is 6.92 Å². The molecular weight excluding hydrogens is 347 g/mol. The highest BCUT2D eigenvalue weighted by molar-refractivity contribution is 9.08. The van der Waals surface area contributed by atoms with Crippen molar-refractivity contribution in [2.24, 2.45) is 0 Å². The largest absolute Gasteiger partial charge is 0.574 e. The lowest BCUT2D eigenvalue weighted by molar-refractivity contribution is -0.276. The van der Waals surface area contributed by atoms with Crippen LogP contribution in [0.15, 0.2) is 6.20 Å². The van der Waals surface area contributed by atoms with Crippen LogP contribution in [0.3, 0.4) is 0 Å². The molecule has 0 bridgehead atoms. The summed E-state index contributed by atoms with van der Waals surface area (Å²) in [5, 5.41) is 9.97. The summed E-state index contributed by atoms with van der Waals surface area (Å²) >= 11 is 3.09. The van der Waals surface area contributed by atoms with Crippen LogP contribution in [0.25, 0.3) is 0 Å². The first-order valence-corrected chi connectivity index (χ1v) is 6.57. The third-order valence-electron chi connectivity index (χ3n) is 2.20. The fraction of sp³-hybridized carbons (Fsp3) is 0.455. The number of carbonyl (C=O) groups is 1. The monoisotopic (exact) mass is 357 g/mol. The number of aromatic nitrogens is 1. The molecule has 20 heavy (non-hydrogen) atoms. The molecule has 0 amide bonds. The van der Waals surface area contributed by atoms with E-state index in [-0.39, 0.29) is 23.9 Å². The lowest BCUT2D eigenvalue weighted by Crippen LogP contribution is -2.19. The van der Waals surface area contributed by atoms with Crippen LogP contribution in [0.5, 0.6) is 11.6 Å². The number of esters is 1. The van der Waals surface area contributed by atoms with Gasteiger partial charge in [0.2, 0.25) is 0 Å². The van der Waals surface area contributed by atoms with Gasteiger partial charge < -0.3 is 14.6 Å². The van der Waals surface area contributed by atoms with Crippen molar-refractivity contribution < 1.29 is 32.5 Å². The maximum absolute atomic E-state index is 12.1. The van der Waals surface area contributed by atoms with Gasteiger partial charge in [-0.1, -0.05) is 15.9 Å². The third kappa shape index (κ3) is 4.55. The first-order valence-electron chi connectivity index (χ1n) is 5.45. The number of hydrogen-bond acceptors (Lipinski definition) is 5. The molecule has 0 fully saturated rings. The smallest absolute Gasteiger partial charge is 0.503 e. The first-order chi connectivity index (χ1) is 9.28. The average molecular weight is 358 g/mol. The summed E-state index contributed by atoms with van der Waals surface area (Å²) in [4.78, 5) is 14.8. The fourth-order valence-corrected chi connectivity index (χ4v) is 1.89. The van der Waals surface area contributed by atoms with Crippen LogP contribution < -0.4 is 4.74 Å². The minimum atomic E-state index is -4.98. The maximum atomic E-state index is 12.1. The van der Waals surface area contributed by atoms with Crippen molar-refractivity contribution >= 4 is 21.9 Å². The molecule has 112 valence electrons. The Morgan fingerprint density at radius 2 is 2.15 bits per heavy atom. The van der Waals surface area contributed by atoms with Crippen molar-refractivity contribution in [3.63, 3.8) is 0 Å². The first kappa shape index (κ1) is 16.5. The van der Waals surface area contributed by atoms with Crippen LogP contribution >= 0.6 is 15.9 Å². The molecule has 0 aromatic carbocycles. The van der Waals surface area contributed by atoms with Crippen molar-refractivity contribution in [3.05, 3.63) is 17.3 Å². The summed E-state index contributed by atoms with van der Waals surface area (Å²) in [6, 6.07) is 0. The number of ether oxygens (including phenoxy) is 2. The van der Waals surface area contributed by atoms with Crippen LogP contribution in [0.4, 0.5) is 13.2 Å². The van der Waals surface area contributed by atoms with E-state index < -0.39 is 24.0 Å². The lowest BCUT2D eigenvalue weighted by atomic mass is 10.1. The molecule has 0 spiro atoms. The second kappa shape index (κ2) is 6.78. The summed E-state index contributed by atoms with van der Waals surface area (Å²) in [6.45, 7) is 1.72. The Morgan fingerprint density at radius 3 is 2.65 bits per heavy atom. The van der Waals surface area contributed by atoms with E-state index in [1.807, 2.05) is 0 Å². The van der Waals surface area contributed by atoms with Gasteiger partial charge in [-0.2, -0.15) is 0 Å². The molecule has 9 heteroatoms.